The van der Waals surface area contributed by atoms with Crippen LogP contribution in [0.4, 0.5) is 0 Å². The van der Waals surface area contributed by atoms with Crippen LogP contribution in [0.1, 0.15) is 30.7 Å². The fourth-order valence-electron chi connectivity index (χ4n) is 2.05. The molecule has 2 heterocycles. The molecule has 0 bridgehead atoms. The van der Waals surface area contributed by atoms with Crippen LogP contribution in [0.3, 0.4) is 0 Å². The summed E-state index contributed by atoms with van der Waals surface area (Å²) in [6.45, 7) is 3.05. The summed E-state index contributed by atoms with van der Waals surface area (Å²) in [5, 5.41) is 5.30. The molecule has 0 spiro atoms. The first kappa shape index (κ1) is 11.6. The summed E-state index contributed by atoms with van der Waals surface area (Å²) < 4.78 is 0. The second kappa shape index (κ2) is 4.97. The van der Waals surface area contributed by atoms with Gasteiger partial charge in [-0.2, -0.15) is 0 Å². The van der Waals surface area contributed by atoms with E-state index in [2.05, 4.69) is 23.7 Å². The predicted octanol–water partition coefficient (Wildman–Crippen LogP) is 2.02. The highest BCUT2D eigenvalue weighted by Gasteiger charge is 2.27. The molecule has 88 valence electrons. The van der Waals surface area contributed by atoms with Crippen molar-refractivity contribution < 1.29 is 4.79 Å². The molecule has 0 aliphatic carbocycles. The Morgan fingerprint density at radius 1 is 1.69 bits per heavy atom. The second-order valence-corrected chi connectivity index (χ2v) is 5.27. The summed E-state index contributed by atoms with van der Waals surface area (Å²) in [4.78, 5) is 15.3. The lowest BCUT2D eigenvalue weighted by molar-refractivity contribution is -0.133. The first-order chi connectivity index (χ1) is 7.70. The SMILES string of the molecule is CC(c1cccs1)N(C)C(=O)[C@H]1CCCN1. The third-order valence-electron chi connectivity index (χ3n) is 3.24. The van der Waals surface area contributed by atoms with Crippen molar-refractivity contribution in [2.24, 2.45) is 0 Å². The van der Waals surface area contributed by atoms with E-state index in [9.17, 15) is 4.79 Å². The second-order valence-electron chi connectivity index (χ2n) is 4.29. The van der Waals surface area contributed by atoms with Crippen molar-refractivity contribution in [1.82, 2.24) is 10.2 Å². The lowest BCUT2D eigenvalue weighted by Crippen LogP contribution is -2.42. The van der Waals surface area contributed by atoms with E-state index in [1.165, 1.54) is 4.88 Å². The Bertz CT molecular complexity index is 344. The molecule has 0 aromatic carbocycles. The number of carbonyl (C=O) groups excluding carboxylic acids is 1. The summed E-state index contributed by atoms with van der Waals surface area (Å²) in [7, 11) is 1.90. The Morgan fingerprint density at radius 2 is 2.50 bits per heavy atom. The lowest BCUT2D eigenvalue weighted by Gasteiger charge is -2.26. The number of nitrogens with one attached hydrogen (secondary N) is 1. The zero-order valence-electron chi connectivity index (χ0n) is 9.77. The molecule has 16 heavy (non-hydrogen) atoms. The molecule has 1 aromatic rings. The summed E-state index contributed by atoms with van der Waals surface area (Å²) >= 11 is 1.71. The Morgan fingerprint density at radius 3 is 3.06 bits per heavy atom. The fourth-order valence-corrected chi connectivity index (χ4v) is 2.88. The van der Waals surface area contributed by atoms with Gasteiger partial charge in [0.15, 0.2) is 0 Å². The number of amides is 1. The molecule has 1 fully saturated rings. The van der Waals surface area contributed by atoms with E-state index >= 15 is 0 Å². The normalized spacial score (nSPS) is 22.0. The molecule has 1 amide bonds. The predicted molar refractivity (Wildman–Crippen MR) is 66.5 cm³/mol. The fraction of sp³-hybridized carbons (Fsp3) is 0.583. The third kappa shape index (κ3) is 2.28. The average Bonchev–Trinajstić information content (AvgIpc) is 2.97. The third-order valence-corrected chi connectivity index (χ3v) is 4.28. The van der Waals surface area contributed by atoms with E-state index < -0.39 is 0 Å². The summed E-state index contributed by atoms with van der Waals surface area (Å²) in [6, 6.07) is 4.33. The van der Waals surface area contributed by atoms with E-state index in [0.717, 1.165) is 19.4 Å². The molecular formula is C12H18N2OS. The molecule has 0 saturated carbocycles. The topological polar surface area (TPSA) is 32.3 Å². The van der Waals surface area contributed by atoms with Crippen molar-refractivity contribution in [1.29, 1.82) is 0 Å². The summed E-state index contributed by atoms with van der Waals surface area (Å²) in [5.41, 5.74) is 0. The number of likely N-dealkylation sites (N-methyl/N-ethyl adjacent to an activating group) is 1. The molecule has 0 radical (unpaired) electrons. The highest BCUT2D eigenvalue weighted by atomic mass is 32.1. The van der Waals surface area contributed by atoms with Crippen LogP contribution in [0, 0.1) is 0 Å². The zero-order chi connectivity index (χ0) is 11.5. The zero-order valence-corrected chi connectivity index (χ0v) is 10.6. The highest BCUT2D eigenvalue weighted by Crippen LogP contribution is 2.24. The summed E-state index contributed by atoms with van der Waals surface area (Å²) in [6.07, 6.45) is 2.08. The maximum atomic E-state index is 12.2. The Hall–Kier alpha value is -0.870. The Balaban J connectivity index is 2.01. The van der Waals surface area contributed by atoms with E-state index in [0.29, 0.717) is 0 Å². The van der Waals surface area contributed by atoms with E-state index in [-0.39, 0.29) is 18.0 Å². The van der Waals surface area contributed by atoms with Crippen molar-refractivity contribution in [2.75, 3.05) is 13.6 Å². The van der Waals surface area contributed by atoms with E-state index in [1.807, 2.05) is 18.0 Å². The number of nitrogens with zero attached hydrogens (tertiary/aromatic N) is 1. The van der Waals surface area contributed by atoms with Gasteiger partial charge in [0.05, 0.1) is 12.1 Å². The number of hydrogen-bond acceptors (Lipinski definition) is 3. The quantitative estimate of drug-likeness (QED) is 0.873. The smallest absolute Gasteiger partial charge is 0.239 e. The Labute approximate surface area is 100 Å². The monoisotopic (exact) mass is 238 g/mol. The Kier molecular flexibility index (Phi) is 3.61. The number of carbonyl (C=O) groups is 1. The molecule has 4 heteroatoms. The first-order valence-corrected chi connectivity index (χ1v) is 6.61. The maximum absolute atomic E-state index is 12.2. The maximum Gasteiger partial charge on any atom is 0.239 e. The van der Waals surface area contributed by atoms with Crippen molar-refractivity contribution in [3.63, 3.8) is 0 Å². The van der Waals surface area contributed by atoms with Crippen LogP contribution in [0.15, 0.2) is 17.5 Å². The molecule has 1 aliphatic heterocycles. The van der Waals surface area contributed by atoms with Crippen LogP contribution >= 0.6 is 11.3 Å². The van der Waals surface area contributed by atoms with Gasteiger partial charge in [-0.15, -0.1) is 11.3 Å². The summed E-state index contributed by atoms with van der Waals surface area (Å²) in [5.74, 6) is 0.221. The minimum absolute atomic E-state index is 0.0346. The van der Waals surface area contributed by atoms with E-state index in [4.69, 9.17) is 0 Å². The van der Waals surface area contributed by atoms with Gasteiger partial charge in [-0.1, -0.05) is 6.07 Å². The van der Waals surface area contributed by atoms with E-state index in [1.54, 1.807) is 11.3 Å². The molecule has 1 saturated heterocycles. The van der Waals surface area contributed by atoms with Gasteiger partial charge in [0.1, 0.15) is 0 Å². The van der Waals surface area contributed by atoms with Gasteiger partial charge < -0.3 is 10.2 Å². The van der Waals surface area contributed by atoms with Crippen LogP contribution in [-0.2, 0) is 4.79 Å². The molecule has 1 unspecified atom stereocenters. The van der Waals surface area contributed by atoms with Gasteiger partial charge in [0.25, 0.3) is 0 Å². The van der Waals surface area contributed by atoms with Crippen molar-refractivity contribution in [3.8, 4) is 0 Å². The van der Waals surface area contributed by atoms with Crippen LogP contribution < -0.4 is 5.32 Å². The van der Waals surface area contributed by atoms with Crippen LogP contribution in [-0.4, -0.2) is 30.4 Å². The van der Waals surface area contributed by atoms with Crippen molar-refractivity contribution in [2.45, 2.75) is 31.8 Å². The van der Waals surface area contributed by atoms with Gasteiger partial charge in [-0.05, 0) is 37.8 Å². The minimum atomic E-state index is 0.0346. The largest absolute Gasteiger partial charge is 0.337 e. The van der Waals surface area contributed by atoms with Crippen molar-refractivity contribution >= 4 is 17.2 Å². The minimum Gasteiger partial charge on any atom is -0.337 e. The lowest BCUT2D eigenvalue weighted by atomic mass is 10.1. The highest BCUT2D eigenvalue weighted by molar-refractivity contribution is 7.10. The van der Waals surface area contributed by atoms with Crippen LogP contribution in [0.25, 0.3) is 0 Å². The van der Waals surface area contributed by atoms with Gasteiger partial charge >= 0.3 is 0 Å². The number of hydrogen-bond donors (Lipinski definition) is 1. The number of thiophene rings is 1. The van der Waals surface area contributed by atoms with Gasteiger partial charge in [0, 0.05) is 11.9 Å². The van der Waals surface area contributed by atoms with Gasteiger partial charge in [-0.25, -0.2) is 0 Å². The molecular weight excluding hydrogens is 220 g/mol. The van der Waals surface area contributed by atoms with Crippen molar-refractivity contribution in [3.05, 3.63) is 22.4 Å². The molecule has 2 atom stereocenters. The standard InChI is InChI=1S/C12H18N2OS/c1-9(11-6-4-8-16-11)14(2)12(15)10-5-3-7-13-10/h4,6,8-10,13H,3,5,7H2,1-2H3/t9?,10-/m1/s1. The molecule has 1 N–H and O–H groups in total. The van der Waals surface area contributed by atoms with Gasteiger partial charge in [-0.3, -0.25) is 4.79 Å². The average molecular weight is 238 g/mol. The first-order valence-electron chi connectivity index (χ1n) is 5.73. The van der Waals surface area contributed by atoms with Crippen LogP contribution in [0.2, 0.25) is 0 Å². The van der Waals surface area contributed by atoms with Gasteiger partial charge in [0.2, 0.25) is 5.91 Å². The molecule has 1 aromatic heterocycles. The van der Waals surface area contributed by atoms with Crippen LogP contribution in [0.5, 0.6) is 0 Å². The molecule has 1 aliphatic rings. The molecule has 3 nitrogen and oxygen atoms in total. The number of rotatable bonds is 3. The molecule has 2 rings (SSSR count).